The number of nitrogens with zero attached hydrogens (tertiary/aromatic N) is 3. The number of anilines is 1. The average Bonchev–Trinajstić information content (AvgIpc) is 3.53. The Kier molecular flexibility index (Phi) is 12.0. The summed E-state index contributed by atoms with van der Waals surface area (Å²) in [4.78, 5) is 25.5. The molecule has 3 N–H and O–H groups in total. The summed E-state index contributed by atoms with van der Waals surface area (Å²) in [6.45, 7) is 3.68. The van der Waals surface area contributed by atoms with Crippen LogP contribution in [0.3, 0.4) is 0 Å². The molecular formula is C34H45EsN5O4S2. The van der Waals surface area contributed by atoms with Crippen LogP contribution in [0.2, 0.25) is 0 Å². The number of aromatic nitrogens is 3. The number of fused-ring (bicyclic) bond motifs is 1. The van der Waals surface area contributed by atoms with Crippen LogP contribution < -0.4 is 16.2 Å². The van der Waals surface area contributed by atoms with Crippen molar-refractivity contribution in [1.29, 1.82) is 0 Å². The molecule has 1 aliphatic rings. The third-order valence-electron chi connectivity index (χ3n) is 8.75. The van der Waals surface area contributed by atoms with E-state index in [9.17, 15) is 13.2 Å². The quantitative estimate of drug-likeness (QED) is 0.124. The van der Waals surface area contributed by atoms with Crippen LogP contribution in [0.1, 0.15) is 86.3 Å². The van der Waals surface area contributed by atoms with Gasteiger partial charge in [-0.1, -0.05) is 49.9 Å². The van der Waals surface area contributed by atoms with Crippen LogP contribution in [-0.2, 0) is 22.9 Å². The molecule has 3 aromatic heterocycles. The van der Waals surface area contributed by atoms with E-state index < -0.39 is 9.84 Å². The van der Waals surface area contributed by atoms with Crippen molar-refractivity contribution in [3.63, 3.8) is 0 Å². The topological polar surface area (TPSA) is 126 Å². The smallest absolute Gasteiger partial charge is 0.255 e. The maximum atomic E-state index is 13.9. The van der Waals surface area contributed by atoms with E-state index in [1.165, 1.54) is 27.2 Å². The molecule has 1 atom stereocenters. The summed E-state index contributed by atoms with van der Waals surface area (Å²) in [5.41, 5.74) is 3.66. The zero-order chi connectivity index (χ0) is 31.8. The zero-order valence-corrected chi connectivity index (χ0v) is 30.7. The van der Waals surface area contributed by atoms with Gasteiger partial charge in [-0.05, 0) is 74.9 Å². The first kappa shape index (κ1) is 34.7. The number of hydrogen-bond acceptors (Lipinski definition) is 9. The summed E-state index contributed by atoms with van der Waals surface area (Å²) in [5, 5.41) is 16.7. The Morgan fingerprint density at radius 3 is 2.48 bits per heavy atom. The monoisotopic (exact) mass is 903 g/mol. The van der Waals surface area contributed by atoms with Crippen LogP contribution in [0.4, 0.5) is 5.82 Å². The van der Waals surface area contributed by atoms with Crippen molar-refractivity contribution in [1.82, 2.24) is 19.9 Å². The predicted octanol–water partition coefficient (Wildman–Crippen LogP) is 6.04. The van der Waals surface area contributed by atoms with Crippen LogP contribution in [-0.4, -0.2) is 53.2 Å². The Bertz CT molecular complexity index is 1740. The van der Waals surface area contributed by atoms with E-state index in [1.54, 1.807) is 15.9 Å². The van der Waals surface area contributed by atoms with Crippen LogP contribution >= 0.6 is 11.3 Å². The number of benzene rings is 1. The van der Waals surface area contributed by atoms with Gasteiger partial charge in [0.2, 0.25) is 0 Å². The van der Waals surface area contributed by atoms with Crippen molar-refractivity contribution in [2.24, 2.45) is 0 Å². The molecule has 0 aliphatic carbocycles. The molecule has 0 unspecified atom stereocenters. The van der Waals surface area contributed by atoms with Crippen molar-refractivity contribution >= 4 is 38.0 Å². The molecule has 9 nitrogen and oxygen atoms in total. The third kappa shape index (κ3) is 8.17. The van der Waals surface area contributed by atoms with Crippen molar-refractivity contribution in [3.05, 3.63) is 75.1 Å². The number of pyridine rings is 1. The van der Waals surface area contributed by atoms with E-state index in [4.69, 9.17) is 5.11 Å². The molecule has 12 heteroatoms. The van der Waals surface area contributed by atoms with Gasteiger partial charge in [-0.2, -0.15) is 0 Å². The number of hydrogen-bond donors (Lipinski definition) is 3. The maximum absolute atomic E-state index is 13.9. The minimum absolute atomic E-state index is 0. The molecule has 0 spiro atoms. The Morgan fingerprint density at radius 2 is 1.74 bits per heavy atom. The van der Waals surface area contributed by atoms with Gasteiger partial charge in [-0.3, -0.25) is 9.36 Å². The number of unbranched alkanes of at least 4 members (excludes halogenated alkanes) is 5. The number of aliphatic hydroxyl groups is 1. The first-order valence-corrected chi connectivity index (χ1v) is 18.7. The van der Waals surface area contributed by atoms with E-state index >= 15 is 0 Å². The average molecular weight is 904 g/mol. The van der Waals surface area contributed by atoms with Gasteiger partial charge < -0.3 is 15.7 Å². The molecule has 1 fully saturated rings. The van der Waals surface area contributed by atoms with Gasteiger partial charge >= 0.3 is 0 Å². The Hall–Kier alpha value is -4.12. The molecule has 1 aliphatic heterocycles. The molecule has 1 radical (unpaired) electrons. The second-order valence-corrected chi connectivity index (χ2v) is 15.5. The van der Waals surface area contributed by atoms with E-state index in [0.717, 1.165) is 50.5 Å². The minimum atomic E-state index is -3.06. The third-order valence-corrected chi connectivity index (χ3v) is 11.8. The van der Waals surface area contributed by atoms with Gasteiger partial charge in [-0.15, -0.1) is 11.3 Å². The van der Waals surface area contributed by atoms with Gasteiger partial charge in [-0.25, -0.2) is 18.4 Å². The largest absolute Gasteiger partial charge is 0.396 e. The molecule has 4 aromatic rings. The molecule has 0 saturated carbocycles. The van der Waals surface area contributed by atoms with Crippen molar-refractivity contribution in [2.75, 3.05) is 30.5 Å². The fraction of sp³-hybridized carbons (Fsp3) is 0.500. The van der Waals surface area contributed by atoms with E-state index in [1.807, 2.05) is 13.1 Å². The van der Waals surface area contributed by atoms with Gasteiger partial charge in [0.1, 0.15) is 27.6 Å². The number of sulfone groups is 1. The van der Waals surface area contributed by atoms with E-state index in [2.05, 4.69) is 63.9 Å². The van der Waals surface area contributed by atoms with Crippen LogP contribution in [0.15, 0.2) is 53.6 Å². The van der Waals surface area contributed by atoms with Crippen molar-refractivity contribution in [2.45, 2.75) is 83.3 Å². The molecular weight excluding hydrogens is 859 g/mol. The summed E-state index contributed by atoms with van der Waals surface area (Å²) in [6, 6.07) is 14.6. The molecule has 4 heterocycles. The molecule has 1 saturated heterocycles. The van der Waals surface area contributed by atoms with Gasteiger partial charge in [0, 0.05) is 35.0 Å². The van der Waals surface area contributed by atoms with Gasteiger partial charge in [0.05, 0.1) is 22.9 Å². The molecule has 0 amide bonds. The minimum Gasteiger partial charge on any atom is -0.396 e. The van der Waals surface area contributed by atoms with Gasteiger partial charge in [0.15, 0.2) is 0 Å². The number of aliphatic hydroxyl groups excluding tert-OH is 1. The van der Waals surface area contributed by atoms with Crippen molar-refractivity contribution in [3.8, 4) is 10.4 Å². The number of aryl methyl sites for hydroxylation is 1. The zero-order valence-electron chi connectivity index (χ0n) is 26.6. The Morgan fingerprint density at radius 1 is 1.02 bits per heavy atom. The first-order valence-electron chi connectivity index (χ1n) is 16.1. The maximum Gasteiger partial charge on any atom is 0.255 e. The Labute approximate surface area is 270 Å². The summed E-state index contributed by atoms with van der Waals surface area (Å²) in [7, 11) is -1.10. The summed E-state index contributed by atoms with van der Waals surface area (Å²) < 4.78 is 26.1. The summed E-state index contributed by atoms with van der Waals surface area (Å²) in [6.07, 6.45) is 8.19. The van der Waals surface area contributed by atoms with Crippen LogP contribution in [0.5, 0.6) is 0 Å². The van der Waals surface area contributed by atoms with Crippen molar-refractivity contribution < 1.29 is 13.5 Å². The molecule has 253 valence electrons. The Balaban J connectivity index is 0.00000480. The number of thiophene rings is 1. The standard InChI is InChI=1S/C34H45N5O4S2.Es/c1-24(30-13-14-31(44-30)27-12-8-7-11-26(27)22-35-2)38-32-29-21-28(25-15-19-45(42,43)20-16-25)34(41)39(33(29)37-23-36-32)17-9-5-3-4-6-10-18-40;/h7-8,11-14,21,23-25,35,40H,3-6,9-10,15-20,22H2,1-2H3,(H,36,37,38);/t24-;/m1./s1. The second-order valence-electron chi connectivity index (χ2n) is 12.0. The van der Waals surface area contributed by atoms with E-state index in [0.29, 0.717) is 36.4 Å². The molecule has 5 rings (SSSR count). The fourth-order valence-electron chi connectivity index (χ4n) is 6.22. The number of rotatable bonds is 15. The first-order chi connectivity index (χ1) is 21.8. The predicted molar refractivity (Wildman–Crippen MR) is 184 cm³/mol. The summed E-state index contributed by atoms with van der Waals surface area (Å²) in [5.74, 6) is 0.766. The molecule has 1 aromatic carbocycles. The summed E-state index contributed by atoms with van der Waals surface area (Å²) >= 11 is 1.75. The molecule has 0 bridgehead atoms. The van der Waals surface area contributed by atoms with E-state index in [-0.39, 0.29) is 35.6 Å². The SMILES string of the molecule is CNCc1ccccc1-c1ccc([C@@H](C)Nc2ncnc3c2cc(C2CCS(=O)(=O)CC2)c(=O)n3CCCCCCCCO)s1.[Es]. The van der Waals surface area contributed by atoms with Gasteiger partial charge in [0.25, 0.3) is 5.56 Å². The number of nitrogens with one attached hydrogen (secondary N) is 2. The molecule has 46 heavy (non-hydrogen) atoms. The second kappa shape index (κ2) is 15.9. The van der Waals surface area contributed by atoms with Crippen LogP contribution in [0, 0.1) is 0 Å². The normalized spacial score (nSPS) is 15.5. The fourth-order valence-corrected chi connectivity index (χ4v) is 8.78. The van der Waals surface area contributed by atoms with Crippen LogP contribution in [0.25, 0.3) is 21.5 Å².